The predicted molar refractivity (Wildman–Crippen MR) is 66.1 cm³/mol. The van der Waals surface area contributed by atoms with Crippen LogP contribution in [0.2, 0.25) is 0 Å². The van der Waals surface area contributed by atoms with Gasteiger partial charge in [-0.05, 0) is 55.9 Å². The van der Waals surface area contributed by atoms with Crippen LogP contribution in [-0.4, -0.2) is 6.04 Å². The topological polar surface area (TPSA) is 12.0 Å². The van der Waals surface area contributed by atoms with E-state index in [9.17, 15) is 4.39 Å². The van der Waals surface area contributed by atoms with Crippen LogP contribution in [0.25, 0.3) is 0 Å². The van der Waals surface area contributed by atoms with Gasteiger partial charge in [0.1, 0.15) is 5.82 Å². The summed E-state index contributed by atoms with van der Waals surface area (Å²) in [6.45, 7) is 2.28. The minimum atomic E-state index is -0.166. The second kappa shape index (κ2) is 5.33. The molecule has 2 rings (SSSR count). The summed E-state index contributed by atoms with van der Waals surface area (Å²) < 4.78 is 12.7. The standard InChI is InChI=1S/C14H20FN/c1-2-11-3-7-13(8-4-11)16-14-9-5-12(15)6-10-14/h5-6,9-11,13,16H,2-4,7-8H2,1H3. The molecule has 16 heavy (non-hydrogen) atoms. The molecule has 1 nitrogen and oxygen atoms in total. The van der Waals surface area contributed by atoms with Gasteiger partial charge in [-0.15, -0.1) is 0 Å². The molecule has 2 heteroatoms. The van der Waals surface area contributed by atoms with E-state index in [0.29, 0.717) is 6.04 Å². The third kappa shape index (κ3) is 2.97. The Morgan fingerprint density at radius 2 is 1.75 bits per heavy atom. The number of nitrogens with one attached hydrogen (secondary N) is 1. The third-order valence-electron chi connectivity index (χ3n) is 3.64. The highest BCUT2D eigenvalue weighted by Gasteiger charge is 2.19. The zero-order valence-electron chi connectivity index (χ0n) is 9.88. The molecular formula is C14H20FN. The first-order chi connectivity index (χ1) is 7.78. The van der Waals surface area contributed by atoms with Gasteiger partial charge in [0.05, 0.1) is 0 Å². The van der Waals surface area contributed by atoms with Gasteiger partial charge in [0, 0.05) is 11.7 Å². The summed E-state index contributed by atoms with van der Waals surface area (Å²) in [4.78, 5) is 0. The van der Waals surface area contributed by atoms with Crippen molar-refractivity contribution >= 4 is 5.69 Å². The molecule has 1 aliphatic carbocycles. The molecular weight excluding hydrogens is 201 g/mol. The van der Waals surface area contributed by atoms with Crippen LogP contribution in [0, 0.1) is 11.7 Å². The third-order valence-corrected chi connectivity index (χ3v) is 3.64. The van der Waals surface area contributed by atoms with Crippen molar-refractivity contribution < 1.29 is 4.39 Å². The maximum Gasteiger partial charge on any atom is 0.123 e. The summed E-state index contributed by atoms with van der Waals surface area (Å²) in [5.74, 6) is 0.756. The molecule has 0 radical (unpaired) electrons. The van der Waals surface area contributed by atoms with E-state index in [1.54, 1.807) is 0 Å². The molecule has 0 aliphatic heterocycles. The Hall–Kier alpha value is -1.05. The maximum absolute atomic E-state index is 12.7. The summed E-state index contributed by atoms with van der Waals surface area (Å²) in [5, 5.41) is 3.49. The highest BCUT2D eigenvalue weighted by molar-refractivity contribution is 5.43. The fourth-order valence-corrected chi connectivity index (χ4v) is 2.50. The zero-order chi connectivity index (χ0) is 11.4. The van der Waals surface area contributed by atoms with E-state index in [-0.39, 0.29) is 5.82 Å². The average Bonchev–Trinajstić information content (AvgIpc) is 2.33. The van der Waals surface area contributed by atoms with Gasteiger partial charge in [0.2, 0.25) is 0 Å². The Kier molecular flexibility index (Phi) is 3.81. The molecule has 0 atom stereocenters. The van der Waals surface area contributed by atoms with E-state index < -0.39 is 0 Å². The van der Waals surface area contributed by atoms with Crippen LogP contribution < -0.4 is 5.32 Å². The van der Waals surface area contributed by atoms with E-state index in [1.807, 2.05) is 12.1 Å². The lowest BCUT2D eigenvalue weighted by atomic mass is 9.84. The van der Waals surface area contributed by atoms with Gasteiger partial charge in [-0.3, -0.25) is 0 Å². The van der Waals surface area contributed by atoms with Crippen LogP contribution in [-0.2, 0) is 0 Å². The second-order valence-corrected chi connectivity index (χ2v) is 4.78. The van der Waals surface area contributed by atoms with Crippen LogP contribution in [0.3, 0.4) is 0 Å². The average molecular weight is 221 g/mol. The molecule has 0 unspecified atom stereocenters. The lowest BCUT2D eigenvalue weighted by Crippen LogP contribution is -2.25. The van der Waals surface area contributed by atoms with Gasteiger partial charge in [0.25, 0.3) is 0 Å². The number of benzene rings is 1. The molecule has 0 spiro atoms. The largest absolute Gasteiger partial charge is 0.382 e. The Balaban J connectivity index is 1.84. The van der Waals surface area contributed by atoms with Crippen molar-refractivity contribution in [2.75, 3.05) is 5.32 Å². The molecule has 0 amide bonds. The van der Waals surface area contributed by atoms with E-state index in [2.05, 4.69) is 12.2 Å². The van der Waals surface area contributed by atoms with Gasteiger partial charge in [-0.25, -0.2) is 4.39 Å². The van der Waals surface area contributed by atoms with E-state index in [1.165, 1.54) is 44.2 Å². The monoisotopic (exact) mass is 221 g/mol. The second-order valence-electron chi connectivity index (χ2n) is 4.78. The van der Waals surface area contributed by atoms with Crippen molar-refractivity contribution in [1.29, 1.82) is 0 Å². The number of anilines is 1. The van der Waals surface area contributed by atoms with Crippen molar-refractivity contribution in [3.63, 3.8) is 0 Å². The summed E-state index contributed by atoms with van der Waals surface area (Å²) >= 11 is 0. The van der Waals surface area contributed by atoms with Crippen LogP contribution in [0.4, 0.5) is 10.1 Å². The van der Waals surface area contributed by atoms with E-state index >= 15 is 0 Å². The van der Waals surface area contributed by atoms with E-state index in [0.717, 1.165) is 11.6 Å². The minimum absolute atomic E-state index is 0.166. The quantitative estimate of drug-likeness (QED) is 0.806. The molecule has 0 heterocycles. The van der Waals surface area contributed by atoms with Gasteiger partial charge in [0.15, 0.2) is 0 Å². The normalized spacial score (nSPS) is 25.4. The maximum atomic E-state index is 12.7. The van der Waals surface area contributed by atoms with Crippen LogP contribution >= 0.6 is 0 Å². The van der Waals surface area contributed by atoms with E-state index in [4.69, 9.17) is 0 Å². The molecule has 0 bridgehead atoms. The van der Waals surface area contributed by atoms with Gasteiger partial charge < -0.3 is 5.32 Å². The van der Waals surface area contributed by atoms with Crippen LogP contribution in [0.1, 0.15) is 39.0 Å². The number of hydrogen-bond acceptors (Lipinski definition) is 1. The summed E-state index contributed by atoms with van der Waals surface area (Å²) in [7, 11) is 0. The zero-order valence-corrected chi connectivity index (χ0v) is 9.88. The molecule has 1 aromatic carbocycles. The lowest BCUT2D eigenvalue weighted by Gasteiger charge is -2.29. The molecule has 1 aromatic rings. The van der Waals surface area contributed by atoms with Gasteiger partial charge in [-0.1, -0.05) is 13.3 Å². The van der Waals surface area contributed by atoms with Crippen molar-refractivity contribution in [2.45, 2.75) is 45.1 Å². The van der Waals surface area contributed by atoms with Crippen molar-refractivity contribution in [3.05, 3.63) is 30.1 Å². The van der Waals surface area contributed by atoms with Crippen molar-refractivity contribution in [1.82, 2.24) is 0 Å². The lowest BCUT2D eigenvalue weighted by molar-refractivity contribution is 0.330. The molecule has 1 fully saturated rings. The first-order valence-electron chi connectivity index (χ1n) is 6.30. The Bertz CT molecular complexity index is 312. The van der Waals surface area contributed by atoms with Crippen LogP contribution in [0.5, 0.6) is 0 Å². The predicted octanol–water partition coefficient (Wildman–Crippen LogP) is 4.21. The molecule has 0 saturated heterocycles. The Labute approximate surface area is 97.1 Å². The summed E-state index contributed by atoms with van der Waals surface area (Å²) in [6, 6.07) is 7.25. The SMILES string of the molecule is CCC1CCC(Nc2ccc(F)cc2)CC1. The fourth-order valence-electron chi connectivity index (χ4n) is 2.50. The first-order valence-corrected chi connectivity index (χ1v) is 6.30. The van der Waals surface area contributed by atoms with Crippen molar-refractivity contribution in [2.24, 2.45) is 5.92 Å². The number of hydrogen-bond donors (Lipinski definition) is 1. The fraction of sp³-hybridized carbons (Fsp3) is 0.571. The van der Waals surface area contributed by atoms with Crippen molar-refractivity contribution in [3.8, 4) is 0 Å². The minimum Gasteiger partial charge on any atom is -0.382 e. The highest BCUT2D eigenvalue weighted by Crippen LogP contribution is 2.28. The molecule has 1 aliphatic rings. The van der Waals surface area contributed by atoms with Gasteiger partial charge in [-0.2, -0.15) is 0 Å². The smallest absolute Gasteiger partial charge is 0.123 e. The summed E-state index contributed by atoms with van der Waals surface area (Å²) in [6.07, 6.45) is 6.46. The highest BCUT2D eigenvalue weighted by atomic mass is 19.1. The van der Waals surface area contributed by atoms with Crippen LogP contribution in [0.15, 0.2) is 24.3 Å². The Morgan fingerprint density at radius 3 is 2.31 bits per heavy atom. The van der Waals surface area contributed by atoms with Gasteiger partial charge >= 0.3 is 0 Å². The first kappa shape index (κ1) is 11.4. The molecule has 1 N–H and O–H groups in total. The number of halogens is 1. The Morgan fingerprint density at radius 1 is 1.12 bits per heavy atom. The molecule has 0 aromatic heterocycles. The summed E-state index contributed by atoms with van der Waals surface area (Å²) in [5.41, 5.74) is 1.04. The molecule has 1 saturated carbocycles. The number of rotatable bonds is 3. The molecule has 88 valence electrons.